The van der Waals surface area contributed by atoms with Gasteiger partial charge >= 0.3 is 0 Å². The summed E-state index contributed by atoms with van der Waals surface area (Å²) in [5.74, 6) is 0. The van der Waals surface area contributed by atoms with E-state index in [2.05, 4.69) is 33.2 Å². The van der Waals surface area contributed by atoms with Crippen LogP contribution in [0.15, 0.2) is 47.1 Å². The zero-order valence-electron chi connectivity index (χ0n) is 9.32. The van der Waals surface area contributed by atoms with Gasteiger partial charge in [-0.2, -0.15) is 0 Å². The Balaban J connectivity index is 2.18. The molecule has 0 aliphatic heterocycles. The van der Waals surface area contributed by atoms with Gasteiger partial charge in [0, 0.05) is 15.7 Å². The fourth-order valence-corrected chi connectivity index (χ4v) is 2.08. The first-order valence-corrected chi connectivity index (χ1v) is 6.46. The zero-order chi connectivity index (χ0) is 12.3. The molecule has 0 aliphatic carbocycles. The highest BCUT2D eigenvalue weighted by atomic mass is 79.9. The maximum atomic E-state index is 5.97. The summed E-state index contributed by atoms with van der Waals surface area (Å²) in [4.78, 5) is 4.32. The third-order valence-corrected chi connectivity index (χ3v) is 3.36. The molecule has 1 unspecified atom stereocenters. The summed E-state index contributed by atoms with van der Waals surface area (Å²) in [6, 6.07) is 11.7. The molecule has 0 aliphatic rings. The molecule has 1 atom stereocenters. The van der Waals surface area contributed by atoms with Crippen molar-refractivity contribution in [2.24, 2.45) is 0 Å². The number of rotatable bonds is 3. The van der Waals surface area contributed by atoms with Crippen molar-refractivity contribution in [1.82, 2.24) is 4.98 Å². The summed E-state index contributed by atoms with van der Waals surface area (Å²) in [6.45, 7) is 2.07. The molecule has 0 radical (unpaired) electrons. The van der Waals surface area contributed by atoms with E-state index in [0.29, 0.717) is 5.02 Å². The SMILES string of the molecule is CC(Nc1cc(Cl)ccc1Br)c1ccccn1. The summed E-state index contributed by atoms with van der Waals surface area (Å²) in [6.07, 6.45) is 1.79. The van der Waals surface area contributed by atoms with E-state index in [1.807, 2.05) is 36.4 Å². The second-order valence-corrected chi connectivity index (χ2v) is 5.04. The predicted octanol–water partition coefficient (Wildman–Crippen LogP) is 4.67. The van der Waals surface area contributed by atoms with Gasteiger partial charge in [0.1, 0.15) is 0 Å². The Kier molecular flexibility index (Phi) is 4.02. The van der Waals surface area contributed by atoms with E-state index in [1.54, 1.807) is 6.20 Å². The van der Waals surface area contributed by atoms with E-state index >= 15 is 0 Å². The van der Waals surface area contributed by atoms with Gasteiger partial charge in [0.2, 0.25) is 0 Å². The lowest BCUT2D eigenvalue weighted by Gasteiger charge is -2.16. The molecule has 17 heavy (non-hydrogen) atoms. The molecule has 2 aromatic rings. The van der Waals surface area contributed by atoms with E-state index in [9.17, 15) is 0 Å². The smallest absolute Gasteiger partial charge is 0.0657 e. The minimum atomic E-state index is 0.131. The minimum Gasteiger partial charge on any atom is -0.376 e. The fourth-order valence-electron chi connectivity index (χ4n) is 1.55. The number of pyridine rings is 1. The van der Waals surface area contributed by atoms with Gasteiger partial charge in [-0.25, -0.2) is 0 Å². The standard InChI is InChI=1S/C13H12BrClN2/c1-9(12-4-2-3-7-16-12)17-13-8-10(15)5-6-11(13)14/h2-9,17H,1H3. The number of aromatic nitrogens is 1. The number of nitrogens with one attached hydrogen (secondary N) is 1. The molecule has 0 amide bonds. The summed E-state index contributed by atoms with van der Waals surface area (Å²) >= 11 is 9.46. The molecule has 2 rings (SSSR count). The molecule has 0 saturated heterocycles. The van der Waals surface area contributed by atoms with Crippen molar-refractivity contribution >= 4 is 33.2 Å². The second kappa shape index (κ2) is 5.52. The van der Waals surface area contributed by atoms with E-state index in [0.717, 1.165) is 15.9 Å². The molecule has 0 bridgehead atoms. The van der Waals surface area contributed by atoms with Gasteiger partial charge < -0.3 is 5.32 Å². The van der Waals surface area contributed by atoms with Crippen LogP contribution >= 0.6 is 27.5 Å². The lowest BCUT2D eigenvalue weighted by molar-refractivity contribution is 0.838. The van der Waals surface area contributed by atoms with Crippen molar-refractivity contribution in [3.05, 3.63) is 57.8 Å². The van der Waals surface area contributed by atoms with E-state index in [-0.39, 0.29) is 6.04 Å². The van der Waals surface area contributed by atoms with Gasteiger partial charge in [-0.3, -0.25) is 4.98 Å². The van der Waals surface area contributed by atoms with Crippen molar-refractivity contribution in [1.29, 1.82) is 0 Å². The number of anilines is 1. The average molecular weight is 312 g/mol. The maximum Gasteiger partial charge on any atom is 0.0657 e. The lowest BCUT2D eigenvalue weighted by Crippen LogP contribution is -2.08. The Bertz CT molecular complexity index is 502. The topological polar surface area (TPSA) is 24.9 Å². The summed E-state index contributed by atoms with van der Waals surface area (Å²) in [5, 5.41) is 4.09. The average Bonchev–Trinajstić information content (AvgIpc) is 2.35. The molecule has 0 fully saturated rings. The summed E-state index contributed by atoms with van der Waals surface area (Å²) < 4.78 is 0.990. The van der Waals surface area contributed by atoms with Crippen LogP contribution in [0, 0.1) is 0 Å². The maximum absolute atomic E-state index is 5.97. The number of halogens is 2. The Morgan fingerprint density at radius 2 is 2.12 bits per heavy atom. The Morgan fingerprint density at radius 3 is 2.82 bits per heavy atom. The Hall–Kier alpha value is -1.06. The molecule has 1 heterocycles. The monoisotopic (exact) mass is 310 g/mol. The molecule has 1 aromatic heterocycles. The molecule has 0 spiro atoms. The third-order valence-electron chi connectivity index (χ3n) is 2.43. The van der Waals surface area contributed by atoms with Crippen LogP contribution in [-0.2, 0) is 0 Å². The third kappa shape index (κ3) is 3.20. The van der Waals surface area contributed by atoms with Crippen LogP contribution in [0.4, 0.5) is 5.69 Å². The molecule has 0 saturated carbocycles. The first kappa shape index (κ1) is 12.4. The van der Waals surface area contributed by atoms with Crippen LogP contribution in [0.2, 0.25) is 5.02 Å². The summed E-state index contributed by atoms with van der Waals surface area (Å²) in [5.41, 5.74) is 1.97. The van der Waals surface area contributed by atoms with E-state index in [1.165, 1.54) is 0 Å². The van der Waals surface area contributed by atoms with Gasteiger partial charge in [0.15, 0.2) is 0 Å². The number of hydrogen-bond donors (Lipinski definition) is 1. The first-order chi connectivity index (χ1) is 8.16. The highest BCUT2D eigenvalue weighted by Crippen LogP contribution is 2.28. The fraction of sp³-hybridized carbons (Fsp3) is 0.154. The van der Waals surface area contributed by atoms with Crippen molar-refractivity contribution in [2.75, 3.05) is 5.32 Å². The second-order valence-electron chi connectivity index (χ2n) is 3.74. The Labute approximate surface area is 114 Å². The summed E-state index contributed by atoms with van der Waals surface area (Å²) in [7, 11) is 0. The molecular weight excluding hydrogens is 300 g/mol. The molecular formula is C13H12BrClN2. The molecule has 1 N–H and O–H groups in total. The van der Waals surface area contributed by atoms with Crippen molar-refractivity contribution in [2.45, 2.75) is 13.0 Å². The molecule has 88 valence electrons. The molecule has 2 nitrogen and oxygen atoms in total. The minimum absolute atomic E-state index is 0.131. The normalized spacial score (nSPS) is 12.2. The van der Waals surface area contributed by atoms with E-state index < -0.39 is 0 Å². The van der Waals surface area contributed by atoms with Crippen LogP contribution < -0.4 is 5.32 Å². The molecule has 1 aromatic carbocycles. The van der Waals surface area contributed by atoms with Crippen LogP contribution in [-0.4, -0.2) is 4.98 Å². The van der Waals surface area contributed by atoms with Gasteiger partial charge in [-0.1, -0.05) is 17.7 Å². The van der Waals surface area contributed by atoms with Crippen LogP contribution in [0.1, 0.15) is 18.7 Å². The lowest BCUT2D eigenvalue weighted by atomic mass is 10.2. The van der Waals surface area contributed by atoms with Gasteiger partial charge in [0.05, 0.1) is 17.4 Å². The first-order valence-electron chi connectivity index (χ1n) is 5.29. The number of nitrogens with zero attached hydrogens (tertiary/aromatic N) is 1. The van der Waals surface area contributed by atoms with Crippen molar-refractivity contribution in [3.8, 4) is 0 Å². The van der Waals surface area contributed by atoms with Gasteiger partial charge in [0.25, 0.3) is 0 Å². The van der Waals surface area contributed by atoms with Gasteiger partial charge in [-0.15, -0.1) is 0 Å². The van der Waals surface area contributed by atoms with Crippen LogP contribution in [0.5, 0.6) is 0 Å². The van der Waals surface area contributed by atoms with Crippen molar-refractivity contribution < 1.29 is 0 Å². The number of benzene rings is 1. The highest BCUT2D eigenvalue weighted by molar-refractivity contribution is 9.10. The van der Waals surface area contributed by atoms with Gasteiger partial charge in [-0.05, 0) is 53.2 Å². The number of hydrogen-bond acceptors (Lipinski definition) is 2. The highest BCUT2D eigenvalue weighted by Gasteiger charge is 2.08. The zero-order valence-corrected chi connectivity index (χ0v) is 11.7. The Morgan fingerprint density at radius 1 is 1.29 bits per heavy atom. The van der Waals surface area contributed by atoms with E-state index in [4.69, 9.17) is 11.6 Å². The predicted molar refractivity (Wildman–Crippen MR) is 75.4 cm³/mol. The largest absolute Gasteiger partial charge is 0.376 e. The molecule has 4 heteroatoms. The quantitative estimate of drug-likeness (QED) is 0.891. The van der Waals surface area contributed by atoms with Crippen LogP contribution in [0.3, 0.4) is 0 Å². The van der Waals surface area contributed by atoms with Crippen molar-refractivity contribution in [3.63, 3.8) is 0 Å². The van der Waals surface area contributed by atoms with Crippen LogP contribution in [0.25, 0.3) is 0 Å².